The highest BCUT2D eigenvalue weighted by molar-refractivity contribution is 7.88. The van der Waals surface area contributed by atoms with Gasteiger partial charge in [0.05, 0.1) is 11.8 Å². The molecule has 27 heavy (non-hydrogen) atoms. The van der Waals surface area contributed by atoms with Gasteiger partial charge in [-0.25, -0.2) is 13.1 Å². The number of likely N-dealkylation sites (tertiary alicyclic amines) is 1. The molecule has 0 amide bonds. The van der Waals surface area contributed by atoms with Gasteiger partial charge in [0.25, 0.3) is 0 Å². The van der Waals surface area contributed by atoms with Gasteiger partial charge in [0.15, 0.2) is 0 Å². The molecule has 1 saturated heterocycles. The molecule has 1 aromatic carbocycles. The summed E-state index contributed by atoms with van der Waals surface area (Å²) in [5.74, 6) is 0.0273. The first-order valence-electron chi connectivity index (χ1n) is 9.83. The molecule has 1 aliphatic rings. The first kappa shape index (κ1) is 20.1. The lowest BCUT2D eigenvalue weighted by atomic mass is 10.1. The Bertz CT molecular complexity index is 837. The van der Waals surface area contributed by atoms with Gasteiger partial charge >= 0.3 is 0 Å². The third-order valence-electron chi connectivity index (χ3n) is 5.51. The minimum atomic E-state index is -3.39. The average molecular weight is 390 g/mol. The molecule has 3 rings (SSSR count). The first-order chi connectivity index (χ1) is 13.0. The van der Waals surface area contributed by atoms with Crippen molar-refractivity contribution < 1.29 is 8.42 Å². The Morgan fingerprint density at radius 3 is 2.37 bits per heavy atom. The van der Waals surface area contributed by atoms with E-state index in [9.17, 15) is 8.42 Å². The second-order valence-corrected chi connectivity index (χ2v) is 9.35. The van der Waals surface area contributed by atoms with Crippen molar-refractivity contribution in [2.75, 3.05) is 19.6 Å². The summed E-state index contributed by atoms with van der Waals surface area (Å²) in [5.41, 5.74) is 3.03. The van der Waals surface area contributed by atoms with Gasteiger partial charge in [0.2, 0.25) is 10.0 Å². The fourth-order valence-corrected chi connectivity index (χ4v) is 5.13. The summed E-state index contributed by atoms with van der Waals surface area (Å²) in [7, 11) is -1.36. The summed E-state index contributed by atoms with van der Waals surface area (Å²) < 4.78 is 30.4. The van der Waals surface area contributed by atoms with Crippen molar-refractivity contribution >= 4 is 10.0 Å². The summed E-state index contributed by atoms with van der Waals surface area (Å²) >= 11 is 0. The lowest BCUT2D eigenvalue weighted by Crippen LogP contribution is -2.39. The van der Waals surface area contributed by atoms with Crippen LogP contribution in [-0.4, -0.2) is 37.5 Å². The third-order valence-corrected chi connectivity index (χ3v) is 6.81. The molecule has 0 saturated carbocycles. The smallest absolute Gasteiger partial charge is 0.215 e. The minimum Gasteiger partial charge on any atom is -0.353 e. The molecule has 0 spiro atoms. The van der Waals surface area contributed by atoms with Crippen molar-refractivity contribution in [3.05, 3.63) is 59.4 Å². The van der Waals surface area contributed by atoms with Crippen molar-refractivity contribution in [2.24, 2.45) is 7.05 Å². The van der Waals surface area contributed by atoms with E-state index in [0.717, 1.165) is 29.9 Å². The predicted molar refractivity (Wildman–Crippen MR) is 110 cm³/mol. The molecule has 5 nitrogen and oxygen atoms in total. The Hall–Kier alpha value is -1.63. The maximum absolute atomic E-state index is 12.7. The van der Waals surface area contributed by atoms with Crippen LogP contribution < -0.4 is 4.72 Å². The fourth-order valence-electron chi connectivity index (χ4n) is 3.88. The third kappa shape index (κ3) is 5.43. The van der Waals surface area contributed by atoms with E-state index in [1.54, 1.807) is 0 Å². The highest BCUT2D eigenvalue weighted by Gasteiger charge is 2.25. The number of rotatable bonds is 7. The van der Waals surface area contributed by atoms with Crippen molar-refractivity contribution in [3.8, 4) is 0 Å². The lowest BCUT2D eigenvalue weighted by Gasteiger charge is -2.31. The molecule has 0 bridgehead atoms. The molecule has 1 atom stereocenters. The molecule has 0 aliphatic carbocycles. The van der Waals surface area contributed by atoms with Gasteiger partial charge in [-0.05, 0) is 56.1 Å². The number of benzene rings is 1. The second-order valence-electron chi connectivity index (χ2n) is 7.54. The molecule has 2 aromatic rings. The summed E-state index contributed by atoms with van der Waals surface area (Å²) in [6.07, 6.45) is 6.90. The van der Waals surface area contributed by atoms with E-state index in [-0.39, 0.29) is 11.8 Å². The van der Waals surface area contributed by atoms with Crippen LogP contribution in [0.15, 0.2) is 42.6 Å². The van der Waals surface area contributed by atoms with Crippen LogP contribution in [0.4, 0.5) is 0 Å². The maximum atomic E-state index is 12.7. The molecule has 1 fully saturated rings. The molecule has 2 heterocycles. The number of hydrogen-bond acceptors (Lipinski definition) is 3. The first-order valence-corrected chi connectivity index (χ1v) is 11.5. The largest absolute Gasteiger partial charge is 0.353 e. The van der Waals surface area contributed by atoms with Gasteiger partial charge in [0, 0.05) is 25.5 Å². The Balaban J connectivity index is 1.74. The Morgan fingerprint density at radius 1 is 1.04 bits per heavy atom. The molecule has 6 heteroatoms. The van der Waals surface area contributed by atoms with Crippen LogP contribution in [0.3, 0.4) is 0 Å². The molecule has 148 valence electrons. The SMILES string of the molecule is Cc1ccccc1CS(=O)(=O)NCC(c1cccn1C)N1CCCCCC1. The van der Waals surface area contributed by atoms with E-state index >= 15 is 0 Å². The van der Waals surface area contributed by atoms with Crippen LogP contribution in [0.25, 0.3) is 0 Å². The normalized spacial score (nSPS) is 17.6. The Morgan fingerprint density at radius 2 is 1.74 bits per heavy atom. The molecule has 1 aliphatic heterocycles. The van der Waals surface area contributed by atoms with Gasteiger partial charge in [-0.1, -0.05) is 37.1 Å². The van der Waals surface area contributed by atoms with Crippen LogP contribution >= 0.6 is 0 Å². The zero-order valence-electron chi connectivity index (χ0n) is 16.4. The summed E-state index contributed by atoms with van der Waals surface area (Å²) in [5, 5.41) is 0. The van der Waals surface area contributed by atoms with Crippen molar-refractivity contribution in [1.82, 2.24) is 14.2 Å². The molecule has 1 N–H and O–H groups in total. The maximum Gasteiger partial charge on any atom is 0.215 e. The number of aryl methyl sites for hydroxylation is 2. The average Bonchev–Trinajstić information content (AvgIpc) is 2.88. The molecular formula is C21H31N3O2S. The van der Waals surface area contributed by atoms with E-state index in [1.165, 1.54) is 25.7 Å². The van der Waals surface area contributed by atoms with Gasteiger partial charge in [-0.3, -0.25) is 4.90 Å². The van der Waals surface area contributed by atoms with Crippen LogP contribution in [0.1, 0.15) is 48.5 Å². The van der Waals surface area contributed by atoms with E-state index in [2.05, 4.69) is 20.3 Å². The summed E-state index contributed by atoms with van der Waals surface area (Å²) in [4.78, 5) is 2.44. The lowest BCUT2D eigenvalue weighted by molar-refractivity contribution is 0.199. The Kier molecular flexibility index (Phi) is 6.73. The van der Waals surface area contributed by atoms with Gasteiger partial charge in [0.1, 0.15) is 0 Å². The van der Waals surface area contributed by atoms with Gasteiger partial charge in [-0.2, -0.15) is 0 Å². The van der Waals surface area contributed by atoms with Crippen molar-refractivity contribution in [3.63, 3.8) is 0 Å². The molecular weight excluding hydrogens is 358 g/mol. The van der Waals surface area contributed by atoms with Crippen LogP contribution in [-0.2, 0) is 22.8 Å². The monoisotopic (exact) mass is 389 g/mol. The summed E-state index contributed by atoms with van der Waals surface area (Å²) in [6.45, 7) is 4.41. The molecule has 1 unspecified atom stereocenters. The van der Waals surface area contributed by atoms with Crippen molar-refractivity contribution in [2.45, 2.75) is 44.4 Å². The number of hydrogen-bond donors (Lipinski definition) is 1. The second kappa shape index (κ2) is 9.04. The predicted octanol–water partition coefficient (Wildman–Crippen LogP) is 3.37. The Labute approximate surface area is 163 Å². The zero-order valence-corrected chi connectivity index (χ0v) is 17.2. The molecule has 0 radical (unpaired) electrons. The van der Waals surface area contributed by atoms with Crippen molar-refractivity contribution in [1.29, 1.82) is 0 Å². The zero-order chi connectivity index (χ0) is 19.3. The standard InChI is InChI=1S/C21H31N3O2S/c1-18-10-5-6-11-19(18)17-27(25,26)22-16-21(20-12-9-13-23(20)2)24-14-7-3-4-8-15-24/h5-6,9-13,21-22H,3-4,7-8,14-17H2,1-2H3. The highest BCUT2D eigenvalue weighted by atomic mass is 32.2. The number of nitrogens with zero attached hydrogens (tertiary/aromatic N) is 2. The van der Waals surface area contributed by atoms with E-state index < -0.39 is 10.0 Å². The van der Waals surface area contributed by atoms with Crippen LogP contribution in [0.2, 0.25) is 0 Å². The number of aromatic nitrogens is 1. The quantitative estimate of drug-likeness (QED) is 0.790. The number of sulfonamides is 1. The van der Waals surface area contributed by atoms with E-state index in [4.69, 9.17) is 0 Å². The van der Waals surface area contributed by atoms with E-state index in [0.29, 0.717) is 6.54 Å². The molecule has 1 aromatic heterocycles. The number of nitrogens with one attached hydrogen (secondary N) is 1. The topological polar surface area (TPSA) is 54.3 Å². The minimum absolute atomic E-state index is 0.0273. The fraction of sp³-hybridized carbons (Fsp3) is 0.524. The van der Waals surface area contributed by atoms with Crippen LogP contribution in [0.5, 0.6) is 0 Å². The summed E-state index contributed by atoms with van der Waals surface area (Å²) in [6, 6.07) is 11.9. The van der Waals surface area contributed by atoms with Gasteiger partial charge < -0.3 is 4.57 Å². The highest BCUT2D eigenvalue weighted by Crippen LogP contribution is 2.24. The van der Waals surface area contributed by atoms with Crippen LogP contribution in [0, 0.1) is 6.92 Å². The van der Waals surface area contributed by atoms with E-state index in [1.807, 2.05) is 50.5 Å². The van der Waals surface area contributed by atoms with Gasteiger partial charge in [-0.15, -0.1) is 0 Å².